The van der Waals surface area contributed by atoms with E-state index in [-0.39, 0.29) is 0 Å². The number of tetrazole rings is 1. The van der Waals surface area contributed by atoms with Gasteiger partial charge in [-0.15, -0.1) is 10.2 Å². The molecule has 0 radical (unpaired) electrons. The summed E-state index contributed by atoms with van der Waals surface area (Å²) >= 11 is 0. The van der Waals surface area contributed by atoms with Crippen molar-refractivity contribution in [1.29, 1.82) is 0 Å². The Kier molecular flexibility index (Phi) is 2.71. The molecule has 0 atom stereocenters. The molecule has 0 spiro atoms. The minimum absolute atomic E-state index is 0.607. The van der Waals surface area contributed by atoms with E-state index in [1.807, 2.05) is 42.7 Å². The number of nitrogens with zero attached hydrogens (tertiary/aromatic N) is 5. The summed E-state index contributed by atoms with van der Waals surface area (Å²) in [7, 11) is 0. The molecule has 4 rings (SSSR count). The topological polar surface area (TPSA) is 72.3 Å². The highest BCUT2D eigenvalue weighted by Crippen LogP contribution is 2.21. The Morgan fingerprint density at radius 1 is 1.00 bits per heavy atom. The van der Waals surface area contributed by atoms with Gasteiger partial charge in [0.1, 0.15) is 0 Å². The van der Waals surface area contributed by atoms with Crippen LogP contribution in [0.3, 0.4) is 0 Å². The zero-order valence-corrected chi connectivity index (χ0v) is 11.1. The lowest BCUT2D eigenvalue weighted by Gasteiger charge is -2.08. The molecule has 2 aromatic carbocycles. The number of rotatable bonds is 3. The largest absolute Gasteiger partial charge is 0.326 e. The summed E-state index contributed by atoms with van der Waals surface area (Å²) in [6.45, 7) is 0.714. The Balaban J connectivity index is 1.78. The number of hydrogen-bond acceptors (Lipinski definition) is 4. The van der Waals surface area contributed by atoms with E-state index in [1.54, 1.807) is 0 Å². The molecule has 0 amide bonds. The van der Waals surface area contributed by atoms with Gasteiger partial charge in [0.15, 0.2) is 0 Å². The van der Waals surface area contributed by atoms with Gasteiger partial charge in [-0.2, -0.15) is 5.21 Å². The lowest BCUT2D eigenvalue weighted by Crippen LogP contribution is -2.00. The van der Waals surface area contributed by atoms with Crippen LogP contribution in [0.2, 0.25) is 0 Å². The molecule has 0 fully saturated rings. The van der Waals surface area contributed by atoms with Gasteiger partial charge < -0.3 is 4.57 Å². The summed E-state index contributed by atoms with van der Waals surface area (Å²) in [5.41, 5.74) is 4.21. The molecule has 2 aromatic heterocycles. The van der Waals surface area contributed by atoms with Gasteiger partial charge in [0.2, 0.25) is 5.82 Å². The average molecular weight is 276 g/mol. The van der Waals surface area contributed by atoms with Crippen molar-refractivity contribution >= 4 is 11.0 Å². The van der Waals surface area contributed by atoms with Gasteiger partial charge in [0.05, 0.1) is 17.4 Å². The third-order valence-corrected chi connectivity index (χ3v) is 3.47. The van der Waals surface area contributed by atoms with E-state index in [1.165, 1.54) is 0 Å². The van der Waals surface area contributed by atoms with Crippen LogP contribution in [-0.2, 0) is 6.54 Å². The van der Waals surface area contributed by atoms with E-state index < -0.39 is 0 Å². The highest BCUT2D eigenvalue weighted by Gasteiger charge is 2.10. The van der Waals surface area contributed by atoms with Gasteiger partial charge in [-0.25, -0.2) is 4.98 Å². The summed E-state index contributed by atoms with van der Waals surface area (Å²) in [4.78, 5) is 4.42. The fraction of sp³-hybridized carbons (Fsp3) is 0.0667. The molecule has 0 aliphatic heterocycles. The second-order valence-electron chi connectivity index (χ2n) is 4.75. The third-order valence-electron chi connectivity index (χ3n) is 3.47. The van der Waals surface area contributed by atoms with Crippen molar-refractivity contribution in [2.45, 2.75) is 6.54 Å². The third kappa shape index (κ3) is 2.06. The predicted octanol–water partition coefficient (Wildman–Crippen LogP) is 2.26. The predicted molar refractivity (Wildman–Crippen MR) is 78.4 cm³/mol. The molecule has 6 nitrogen and oxygen atoms in total. The quantitative estimate of drug-likeness (QED) is 0.623. The second-order valence-corrected chi connectivity index (χ2v) is 4.75. The second kappa shape index (κ2) is 4.82. The lowest BCUT2D eigenvalue weighted by molar-refractivity contribution is 0.825. The van der Waals surface area contributed by atoms with E-state index in [0.717, 1.165) is 22.2 Å². The summed E-state index contributed by atoms with van der Waals surface area (Å²) in [6, 6.07) is 16.1. The molecule has 0 unspecified atom stereocenters. The fourth-order valence-electron chi connectivity index (χ4n) is 2.47. The van der Waals surface area contributed by atoms with Crippen LogP contribution in [0.4, 0.5) is 0 Å². The SMILES string of the molecule is c1ccc(-c2nn[nH]n2)c(Cn2cnc3ccccc32)c1. The number of benzene rings is 2. The zero-order chi connectivity index (χ0) is 14.1. The van der Waals surface area contributed by atoms with Crippen LogP contribution in [-0.4, -0.2) is 30.2 Å². The van der Waals surface area contributed by atoms with Crippen molar-refractivity contribution in [1.82, 2.24) is 30.2 Å². The number of aromatic nitrogens is 6. The van der Waals surface area contributed by atoms with E-state index in [2.05, 4.69) is 42.3 Å². The molecule has 2 heterocycles. The number of para-hydroxylation sites is 2. The molecule has 102 valence electrons. The van der Waals surface area contributed by atoms with Crippen molar-refractivity contribution in [2.75, 3.05) is 0 Å². The van der Waals surface area contributed by atoms with Gasteiger partial charge in [-0.3, -0.25) is 0 Å². The number of nitrogens with one attached hydrogen (secondary N) is 1. The van der Waals surface area contributed by atoms with Gasteiger partial charge in [-0.05, 0) is 22.9 Å². The van der Waals surface area contributed by atoms with Crippen molar-refractivity contribution < 1.29 is 0 Å². The monoisotopic (exact) mass is 276 g/mol. The Hall–Kier alpha value is -3.02. The minimum atomic E-state index is 0.607. The molecule has 6 heteroatoms. The van der Waals surface area contributed by atoms with Gasteiger partial charge >= 0.3 is 0 Å². The Morgan fingerprint density at radius 3 is 2.76 bits per heavy atom. The van der Waals surface area contributed by atoms with Crippen LogP contribution >= 0.6 is 0 Å². The van der Waals surface area contributed by atoms with E-state index in [0.29, 0.717) is 12.4 Å². The van der Waals surface area contributed by atoms with Crippen molar-refractivity contribution in [3.8, 4) is 11.4 Å². The molecule has 0 saturated carbocycles. The first-order valence-electron chi connectivity index (χ1n) is 6.63. The van der Waals surface area contributed by atoms with Crippen LogP contribution in [0.5, 0.6) is 0 Å². The standard InChI is InChI=1S/C15H12N6/c1-2-6-12(15-17-19-20-18-15)11(5-1)9-21-10-16-13-7-3-4-8-14(13)21/h1-8,10H,9H2,(H,17,18,19,20). The van der Waals surface area contributed by atoms with Crippen molar-refractivity contribution in [2.24, 2.45) is 0 Å². The molecule has 0 aliphatic rings. The van der Waals surface area contributed by atoms with Gasteiger partial charge in [0, 0.05) is 12.1 Å². The van der Waals surface area contributed by atoms with Crippen molar-refractivity contribution in [3.63, 3.8) is 0 Å². The van der Waals surface area contributed by atoms with E-state index in [9.17, 15) is 0 Å². The molecular weight excluding hydrogens is 264 g/mol. The van der Waals surface area contributed by atoms with Gasteiger partial charge in [-0.1, -0.05) is 36.4 Å². The Morgan fingerprint density at radius 2 is 1.86 bits per heavy atom. The summed E-state index contributed by atoms with van der Waals surface area (Å²) < 4.78 is 2.12. The first-order valence-corrected chi connectivity index (χ1v) is 6.63. The minimum Gasteiger partial charge on any atom is -0.326 e. The first-order chi connectivity index (χ1) is 10.4. The van der Waals surface area contributed by atoms with Crippen LogP contribution in [0.1, 0.15) is 5.56 Å². The van der Waals surface area contributed by atoms with Crippen LogP contribution in [0, 0.1) is 0 Å². The lowest BCUT2D eigenvalue weighted by atomic mass is 10.1. The van der Waals surface area contributed by atoms with E-state index >= 15 is 0 Å². The molecule has 1 N–H and O–H groups in total. The number of H-pyrrole nitrogens is 1. The molecule has 0 bridgehead atoms. The normalized spacial score (nSPS) is 11.0. The smallest absolute Gasteiger partial charge is 0.205 e. The highest BCUT2D eigenvalue weighted by molar-refractivity contribution is 5.75. The first kappa shape index (κ1) is 11.8. The maximum Gasteiger partial charge on any atom is 0.205 e. The zero-order valence-electron chi connectivity index (χ0n) is 11.1. The average Bonchev–Trinajstić information content (AvgIpc) is 3.18. The number of fused-ring (bicyclic) bond motifs is 1. The van der Waals surface area contributed by atoms with Crippen LogP contribution < -0.4 is 0 Å². The Labute approximate surface area is 120 Å². The maximum absolute atomic E-state index is 4.42. The van der Waals surface area contributed by atoms with Crippen LogP contribution in [0.15, 0.2) is 54.9 Å². The summed E-state index contributed by atoms with van der Waals surface area (Å²) in [5, 5.41) is 14.3. The fourth-order valence-corrected chi connectivity index (χ4v) is 2.47. The summed E-state index contributed by atoms with van der Waals surface area (Å²) in [5.74, 6) is 0.607. The highest BCUT2D eigenvalue weighted by atomic mass is 15.5. The number of hydrogen-bond donors (Lipinski definition) is 1. The molecule has 21 heavy (non-hydrogen) atoms. The molecule has 0 aliphatic carbocycles. The maximum atomic E-state index is 4.42. The number of aromatic amines is 1. The number of imidazole rings is 1. The van der Waals surface area contributed by atoms with E-state index in [4.69, 9.17) is 0 Å². The Bertz CT molecular complexity index is 878. The van der Waals surface area contributed by atoms with Crippen molar-refractivity contribution in [3.05, 3.63) is 60.4 Å². The van der Waals surface area contributed by atoms with Crippen LogP contribution in [0.25, 0.3) is 22.4 Å². The molecule has 0 saturated heterocycles. The molecule has 4 aromatic rings. The van der Waals surface area contributed by atoms with Gasteiger partial charge in [0.25, 0.3) is 0 Å². The summed E-state index contributed by atoms with van der Waals surface area (Å²) in [6.07, 6.45) is 1.86. The molecular formula is C15H12N6.